The van der Waals surface area contributed by atoms with Crippen molar-refractivity contribution in [2.24, 2.45) is 0 Å². The molecule has 0 bridgehead atoms. The van der Waals surface area contributed by atoms with Crippen molar-refractivity contribution in [1.29, 1.82) is 0 Å². The number of urea groups is 1. The van der Waals surface area contributed by atoms with Crippen molar-refractivity contribution in [1.82, 2.24) is 10.2 Å². The van der Waals surface area contributed by atoms with Gasteiger partial charge in [-0.1, -0.05) is 6.92 Å². The maximum Gasteiger partial charge on any atom is 0.325 e. The zero-order chi connectivity index (χ0) is 11.7. The molecule has 0 radical (unpaired) electrons. The first-order chi connectivity index (χ1) is 7.15. The van der Waals surface area contributed by atoms with Gasteiger partial charge in [0.25, 0.3) is 0 Å². The van der Waals surface area contributed by atoms with E-state index < -0.39 is 0 Å². The van der Waals surface area contributed by atoms with Crippen LogP contribution in [0.5, 0.6) is 0 Å². The Morgan fingerprint density at radius 2 is 1.93 bits per heavy atom. The summed E-state index contributed by atoms with van der Waals surface area (Å²) in [5.41, 5.74) is 0. The molecular weight excluding hydrogens is 196 g/mol. The fraction of sp³-hybridized carbons (Fsp3) is 0.800. The fourth-order valence-corrected chi connectivity index (χ4v) is 1.03. The lowest BCUT2D eigenvalue weighted by molar-refractivity contribution is -0.143. The van der Waals surface area contributed by atoms with Gasteiger partial charge in [-0.25, -0.2) is 4.79 Å². The van der Waals surface area contributed by atoms with Gasteiger partial charge in [0.2, 0.25) is 0 Å². The lowest BCUT2D eigenvalue weighted by Gasteiger charge is -2.19. The van der Waals surface area contributed by atoms with E-state index in [9.17, 15) is 9.59 Å². The number of hydrogen-bond acceptors (Lipinski definition) is 3. The Morgan fingerprint density at radius 3 is 2.40 bits per heavy atom. The lowest BCUT2D eigenvalue weighted by atomic mass is 10.4. The van der Waals surface area contributed by atoms with Crippen molar-refractivity contribution < 1.29 is 14.3 Å². The molecule has 1 N–H and O–H groups in total. The fourth-order valence-electron chi connectivity index (χ4n) is 1.03. The van der Waals surface area contributed by atoms with Gasteiger partial charge >= 0.3 is 12.0 Å². The minimum absolute atomic E-state index is 0.0138. The average molecular weight is 216 g/mol. The van der Waals surface area contributed by atoms with Crippen LogP contribution in [0.2, 0.25) is 0 Å². The number of amides is 2. The van der Waals surface area contributed by atoms with E-state index >= 15 is 0 Å². The summed E-state index contributed by atoms with van der Waals surface area (Å²) in [6, 6.07) is -0.215. The second-order valence-electron chi connectivity index (χ2n) is 3.05. The molecule has 0 aliphatic heterocycles. The van der Waals surface area contributed by atoms with E-state index in [0.717, 1.165) is 6.42 Å². The van der Waals surface area contributed by atoms with Crippen LogP contribution in [0.15, 0.2) is 0 Å². The number of hydrogen-bond donors (Lipinski definition) is 1. The molecular formula is C10H20N2O3. The number of rotatable bonds is 6. The zero-order valence-corrected chi connectivity index (χ0v) is 9.71. The molecule has 0 unspecified atom stereocenters. The van der Waals surface area contributed by atoms with Crippen LogP contribution in [0.1, 0.15) is 27.2 Å². The van der Waals surface area contributed by atoms with Gasteiger partial charge in [-0.15, -0.1) is 0 Å². The highest BCUT2D eigenvalue weighted by molar-refractivity contribution is 5.80. The third-order valence-electron chi connectivity index (χ3n) is 1.82. The predicted octanol–water partition coefficient (Wildman–Crippen LogP) is 0.991. The standard InChI is InChI=1S/C10H20N2O3/c1-4-7-11-10(14)12(5-2)8-9(13)15-6-3/h4-8H2,1-3H3,(H,11,14). The Balaban J connectivity index is 4.00. The average Bonchev–Trinajstić information content (AvgIpc) is 2.22. The Labute approximate surface area is 90.8 Å². The lowest BCUT2D eigenvalue weighted by Crippen LogP contribution is -2.43. The van der Waals surface area contributed by atoms with Crippen LogP contribution >= 0.6 is 0 Å². The highest BCUT2D eigenvalue weighted by Gasteiger charge is 2.14. The summed E-state index contributed by atoms with van der Waals surface area (Å²) in [5, 5.41) is 2.71. The molecule has 0 rings (SSSR count). The largest absolute Gasteiger partial charge is 0.465 e. The predicted molar refractivity (Wildman–Crippen MR) is 57.6 cm³/mol. The molecule has 0 fully saturated rings. The molecule has 0 atom stereocenters. The second-order valence-corrected chi connectivity index (χ2v) is 3.05. The zero-order valence-electron chi connectivity index (χ0n) is 9.71. The highest BCUT2D eigenvalue weighted by Crippen LogP contribution is 1.91. The van der Waals surface area contributed by atoms with Crippen molar-refractivity contribution in [2.75, 3.05) is 26.2 Å². The third-order valence-corrected chi connectivity index (χ3v) is 1.82. The Hall–Kier alpha value is -1.26. The maximum absolute atomic E-state index is 11.5. The quantitative estimate of drug-likeness (QED) is 0.674. The van der Waals surface area contributed by atoms with Gasteiger partial charge in [0.05, 0.1) is 6.61 Å². The van der Waals surface area contributed by atoms with Crippen LogP contribution in [0.25, 0.3) is 0 Å². The molecule has 15 heavy (non-hydrogen) atoms. The van der Waals surface area contributed by atoms with E-state index in [1.165, 1.54) is 4.90 Å². The van der Waals surface area contributed by atoms with Gasteiger partial charge in [0, 0.05) is 13.1 Å². The highest BCUT2D eigenvalue weighted by atomic mass is 16.5. The number of nitrogens with zero attached hydrogens (tertiary/aromatic N) is 1. The second kappa shape index (κ2) is 8.08. The molecule has 0 aliphatic carbocycles. The van der Waals surface area contributed by atoms with Crippen LogP contribution in [-0.2, 0) is 9.53 Å². The maximum atomic E-state index is 11.5. The summed E-state index contributed by atoms with van der Waals surface area (Å²) >= 11 is 0. The summed E-state index contributed by atoms with van der Waals surface area (Å²) in [6.07, 6.45) is 0.878. The third kappa shape index (κ3) is 5.93. The molecule has 0 saturated carbocycles. The number of carbonyl (C=O) groups excluding carboxylic acids is 2. The first kappa shape index (κ1) is 13.7. The van der Waals surface area contributed by atoms with Crippen LogP contribution < -0.4 is 5.32 Å². The Bertz CT molecular complexity index is 207. The molecule has 0 aromatic rings. The van der Waals surface area contributed by atoms with E-state index in [2.05, 4.69) is 5.32 Å². The number of ether oxygens (including phenoxy) is 1. The Kier molecular flexibility index (Phi) is 7.40. The number of likely N-dealkylation sites (N-methyl/N-ethyl adjacent to an activating group) is 1. The van der Waals surface area contributed by atoms with Crippen LogP contribution in [0.3, 0.4) is 0 Å². The van der Waals surface area contributed by atoms with E-state index in [4.69, 9.17) is 4.74 Å². The Morgan fingerprint density at radius 1 is 1.27 bits per heavy atom. The minimum atomic E-state index is -0.369. The SMILES string of the molecule is CCCNC(=O)N(CC)CC(=O)OCC. The summed E-state index contributed by atoms with van der Waals surface area (Å²) in [4.78, 5) is 24.1. The molecule has 88 valence electrons. The molecule has 2 amide bonds. The van der Waals surface area contributed by atoms with Crippen molar-refractivity contribution in [3.05, 3.63) is 0 Å². The van der Waals surface area contributed by atoms with Crippen molar-refractivity contribution in [3.8, 4) is 0 Å². The summed E-state index contributed by atoms with van der Waals surface area (Å²) in [6.45, 7) is 7.01. The summed E-state index contributed by atoms with van der Waals surface area (Å²) in [7, 11) is 0. The monoisotopic (exact) mass is 216 g/mol. The molecule has 0 heterocycles. The van der Waals surface area contributed by atoms with Gasteiger partial charge in [-0.2, -0.15) is 0 Å². The first-order valence-electron chi connectivity index (χ1n) is 5.34. The smallest absolute Gasteiger partial charge is 0.325 e. The van der Waals surface area contributed by atoms with Crippen molar-refractivity contribution in [2.45, 2.75) is 27.2 Å². The van der Waals surface area contributed by atoms with Crippen molar-refractivity contribution in [3.63, 3.8) is 0 Å². The molecule has 5 heteroatoms. The summed E-state index contributed by atoms with van der Waals surface area (Å²) in [5.74, 6) is -0.369. The van der Waals surface area contributed by atoms with Crippen LogP contribution in [0.4, 0.5) is 4.79 Å². The van der Waals surface area contributed by atoms with Gasteiger partial charge in [0.15, 0.2) is 0 Å². The minimum Gasteiger partial charge on any atom is -0.465 e. The number of nitrogens with one attached hydrogen (secondary N) is 1. The van der Waals surface area contributed by atoms with Gasteiger partial charge in [0.1, 0.15) is 6.54 Å². The molecule has 0 spiro atoms. The first-order valence-corrected chi connectivity index (χ1v) is 5.34. The van der Waals surface area contributed by atoms with Gasteiger partial charge < -0.3 is 15.0 Å². The van der Waals surface area contributed by atoms with Gasteiger partial charge in [-0.3, -0.25) is 4.79 Å². The van der Waals surface area contributed by atoms with E-state index in [1.54, 1.807) is 6.92 Å². The molecule has 5 nitrogen and oxygen atoms in total. The van der Waals surface area contributed by atoms with Crippen LogP contribution in [0, 0.1) is 0 Å². The molecule has 0 saturated heterocycles. The topological polar surface area (TPSA) is 58.6 Å². The van der Waals surface area contributed by atoms with E-state index in [1.807, 2.05) is 13.8 Å². The van der Waals surface area contributed by atoms with E-state index in [-0.39, 0.29) is 18.5 Å². The normalized spacial score (nSPS) is 9.53. The number of esters is 1. The van der Waals surface area contributed by atoms with Gasteiger partial charge in [-0.05, 0) is 20.3 Å². The molecule has 0 aromatic heterocycles. The number of carbonyl (C=O) groups is 2. The van der Waals surface area contributed by atoms with Crippen molar-refractivity contribution >= 4 is 12.0 Å². The molecule has 0 aliphatic rings. The van der Waals surface area contributed by atoms with E-state index in [0.29, 0.717) is 19.7 Å². The van der Waals surface area contributed by atoms with Crippen LogP contribution in [-0.4, -0.2) is 43.1 Å². The molecule has 0 aromatic carbocycles. The summed E-state index contributed by atoms with van der Waals surface area (Å²) < 4.78 is 4.77.